The molecule has 1 fully saturated rings. The van der Waals surface area contributed by atoms with Crippen LogP contribution in [0.25, 0.3) is 28.0 Å². The molecular weight excluding hydrogens is 506 g/mol. The molecule has 0 spiro atoms. The lowest BCUT2D eigenvalue weighted by Gasteiger charge is -2.39. The molecule has 196 valence electrons. The van der Waals surface area contributed by atoms with Gasteiger partial charge in [0.05, 0.1) is 27.5 Å². The fourth-order valence-electron chi connectivity index (χ4n) is 4.96. The molecule has 10 nitrogen and oxygen atoms in total. The number of piperazine rings is 1. The number of carbonyl (C=O) groups is 1. The van der Waals surface area contributed by atoms with Crippen molar-refractivity contribution in [2.75, 3.05) is 24.5 Å². The molecule has 38 heavy (non-hydrogen) atoms. The molecule has 5 heterocycles. The van der Waals surface area contributed by atoms with Crippen LogP contribution in [0.3, 0.4) is 0 Å². The Morgan fingerprint density at radius 3 is 2.63 bits per heavy atom. The number of hydrogen-bond donors (Lipinski definition) is 1. The third-order valence-corrected chi connectivity index (χ3v) is 7.12. The molecule has 1 amide bonds. The van der Waals surface area contributed by atoms with Crippen molar-refractivity contribution >= 4 is 34.5 Å². The fraction of sp³-hybridized carbons (Fsp3) is 0.333. The Labute approximate surface area is 224 Å². The van der Waals surface area contributed by atoms with Crippen molar-refractivity contribution in [3.63, 3.8) is 0 Å². The number of aromatic nitrogens is 5. The van der Waals surface area contributed by atoms with Crippen molar-refractivity contribution in [2.45, 2.75) is 39.7 Å². The SMILES string of the molecule is Cc1ccnc(C(C)C)c1-n1c(=O)nc(N2CCN(C(=O)O)C[C@@H]2C)c2cc(Cl)c(-c3cccnc3)nc21. The van der Waals surface area contributed by atoms with Gasteiger partial charge in [0, 0.05) is 49.8 Å². The first-order valence-electron chi connectivity index (χ1n) is 12.4. The lowest BCUT2D eigenvalue weighted by Crippen LogP contribution is -2.54. The summed E-state index contributed by atoms with van der Waals surface area (Å²) in [4.78, 5) is 47.0. The van der Waals surface area contributed by atoms with Crippen molar-refractivity contribution in [3.05, 3.63) is 69.6 Å². The predicted octanol–water partition coefficient (Wildman–Crippen LogP) is 4.51. The topological polar surface area (TPSA) is 117 Å². The first-order valence-corrected chi connectivity index (χ1v) is 12.8. The van der Waals surface area contributed by atoms with Gasteiger partial charge in [-0.25, -0.2) is 19.1 Å². The monoisotopic (exact) mass is 533 g/mol. The zero-order valence-corrected chi connectivity index (χ0v) is 22.3. The molecule has 1 atom stereocenters. The van der Waals surface area contributed by atoms with E-state index in [0.717, 1.165) is 11.3 Å². The number of nitrogens with zero attached hydrogens (tertiary/aromatic N) is 7. The summed E-state index contributed by atoms with van der Waals surface area (Å²) in [6.07, 6.45) is 4.11. The van der Waals surface area contributed by atoms with E-state index in [1.54, 1.807) is 30.7 Å². The molecule has 1 aliphatic rings. The van der Waals surface area contributed by atoms with Crippen LogP contribution >= 0.6 is 11.6 Å². The highest BCUT2D eigenvalue weighted by Gasteiger charge is 2.30. The summed E-state index contributed by atoms with van der Waals surface area (Å²) in [6.45, 7) is 8.85. The van der Waals surface area contributed by atoms with Gasteiger partial charge in [0.2, 0.25) is 0 Å². The van der Waals surface area contributed by atoms with Crippen LogP contribution in [0.15, 0.2) is 47.7 Å². The summed E-state index contributed by atoms with van der Waals surface area (Å²) < 4.78 is 1.52. The number of amides is 1. The van der Waals surface area contributed by atoms with Crippen molar-refractivity contribution < 1.29 is 9.90 Å². The molecule has 1 saturated heterocycles. The molecule has 0 saturated carbocycles. The smallest absolute Gasteiger partial charge is 0.407 e. The fourth-order valence-corrected chi connectivity index (χ4v) is 5.22. The Morgan fingerprint density at radius 2 is 1.97 bits per heavy atom. The molecule has 0 aromatic carbocycles. The molecule has 1 N–H and O–H groups in total. The van der Waals surface area contributed by atoms with Gasteiger partial charge in [0.1, 0.15) is 5.82 Å². The Kier molecular flexibility index (Phi) is 6.75. The van der Waals surface area contributed by atoms with E-state index in [9.17, 15) is 14.7 Å². The van der Waals surface area contributed by atoms with E-state index in [1.165, 1.54) is 9.47 Å². The highest BCUT2D eigenvalue weighted by Crippen LogP contribution is 2.35. The Hall–Kier alpha value is -4.05. The third-order valence-electron chi connectivity index (χ3n) is 6.83. The van der Waals surface area contributed by atoms with Gasteiger partial charge in [-0.05, 0) is 49.6 Å². The Balaban J connectivity index is 1.82. The van der Waals surface area contributed by atoms with E-state index in [-0.39, 0.29) is 18.5 Å². The average molecular weight is 534 g/mol. The van der Waals surface area contributed by atoms with E-state index in [2.05, 4.69) is 15.0 Å². The minimum Gasteiger partial charge on any atom is -0.465 e. The summed E-state index contributed by atoms with van der Waals surface area (Å²) in [5, 5.41) is 10.4. The highest BCUT2D eigenvalue weighted by atomic mass is 35.5. The zero-order valence-electron chi connectivity index (χ0n) is 21.6. The predicted molar refractivity (Wildman–Crippen MR) is 146 cm³/mol. The number of carboxylic acid groups (broad SMARTS) is 1. The molecule has 4 aromatic heterocycles. The normalized spacial score (nSPS) is 15.9. The van der Waals surface area contributed by atoms with Gasteiger partial charge < -0.3 is 14.9 Å². The van der Waals surface area contributed by atoms with E-state index in [0.29, 0.717) is 51.9 Å². The van der Waals surface area contributed by atoms with Crippen LogP contribution in [0.2, 0.25) is 5.02 Å². The van der Waals surface area contributed by atoms with E-state index < -0.39 is 11.8 Å². The maximum absolute atomic E-state index is 13.8. The second kappa shape index (κ2) is 10.0. The molecule has 0 bridgehead atoms. The number of fused-ring (bicyclic) bond motifs is 1. The van der Waals surface area contributed by atoms with Gasteiger partial charge in [-0.3, -0.25) is 9.97 Å². The summed E-state index contributed by atoms with van der Waals surface area (Å²) in [7, 11) is 0. The zero-order chi connectivity index (χ0) is 27.1. The number of aryl methyl sites for hydroxylation is 1. The number of hydrogen-bond acceptors (Lipinski definition) is 7. The molecule has 4 aromatic rings. The van der Waals surface area contributed by atoms with E-state index >= 15 is 0 Å². The molecule has 5 rings (SSSR count). The molecule has 0 unspecified atom stereocenters. The van der Waals surface area contributed by atoms with Crippen LogP contribution in [-0.4, -0.2) is 66.3 Å². The molecule has 11 heteroatoms. The Bertz CT molecular complexity index is 1590. The van der Waals surface area contributed by atoms with Crippen molar-refractivity contribution in [1.29, 1.82) is 0 Å². The minimum absolute atomic E-state index is 0.0424. The van der Waals surface area contributed by atoms with Crippen molar-refractivity contribution in [3.8, 4) is 16.9 Å². The summed E-state index contributed by atoms with van der Waals surface area (Å²) >= 11 is 6.78. The van der Waals surface area contributed by atoms with Gasteiger partial charge in [-0.15, -0.1) is 0 Å². The summed E-state index contributed by atoms with van der Waals surface area (Å²) in [5.41, 5.74) is 3.38. The van der Waals surface area contributed by atoms with Crippen LogP contribution in [-0.2, 0) is 0 Å². The maximum Gasteiger partial charge on any atom is 0.407 e. The largest absolute Gasteiger partial charge is 0.465 e. The second-order valence-corrected chi connectivity index (χ2v) is 10.2. The lowest BCUT2D eigenvalue weighted by molar-refractivity contribution is 0.136. The van der Waals surface area contributed by atoms with Crippen LogP contribution in [0.1, 0.15) is 37.9 Å². The van der Waals surface area contributed by atoms with Crippen LogP contribution < -0.4 is 10.6 Å². The second-order valence-electron chi connectivity index (χ2n) is 9.77. The van der Waals surface area contributed by atoms with Gasteiger partial charge in [0.25, 0.3) is 0 Å². The number of halogens is 1. The van der Waals surface area contributed by atoms with Gasteiger partial charge in [0.15, 0.2) is 5.65 Å². The Morgan fingerprint density at radius 1 is 1.18 bits per heavy atom. The minimum atomic E-state index is -0.969. The number of pyridine rings is 3. The van der Waals surface area contributed by atoms with Crippen molar-refractivity contribution in [1.82, 2.24) is 29.4 Å². The van der Waals surface area contributed by atoms with Crippen LogP contribution in [0, 0.1) is 6.92 Å². The van der Waals surface area contributed by atoms with E-state index in [1.807, 2.05) is 44.7 Å². The average Bonchev–Trinajstić information content (AvgIpc) is 2.89. The van der Waals surface area contributed by atoms with Gasteiger partial charge in [-0.1, -0.05) is 25.4 Å². The molecule has 1 aliphatic heterocycles. The van der Waals surface area contributed by atoms with Gasteiger partial charge in [-0.2, -0.15) is 4.98 Å². The number of rotatable bonds is 4. The summed E-state index contributed by atoms with van der Waals surface area (Å²) in [6, 6.07) is 7.09. The molecule has 0 radical (unpaired) electrons. The number of anilines is 1. The third kappa shape index (κ3) is 4.45. The first-order chi connectivity index (χ1) is 18.2. The van der Waals surface area contributed by atoms with Crippen LogP contribution in [0.5, 0.6) is 0 Å². The van der Waals surface area contributed by atoms with Gasteiger partial charge >= 0.3 is 11.8 Å². The highest BCUT2D eigenvalue weighted by molar-refractivity contribution is 6.33. The van der Waals surface area contributed by atoms with Crippen LogP contribution in [0.4, 0.5) is 10.6 Å². The van der Waals surface area contributed by atoms with E-state index in [4.69, 9.17) is 16.6 Å². The quantitative estimate of drug-likeness (QED) is 0.407. The molecular formula is C27H28ClN7O3. The lowest BCUT2D eigenvalue weighted by atomic mass is 10.0. The maximum atomic E-state index is 13.8. The molecule has 0 aliphatic carbocycles. The van der Waals surface area contributed by atoms with Crippen molar-refractivity contribution in [2.24, 2.45) is 0 Å². The first kappa shape index (κ1) is 25.6. The standard InChI is InChI=1S/C27H28ClN7O3/c1-15(2)21-23(16(3)7-9-30-21)35-25-19(12-20(28)22(31-25)18-6-5-8-29-13-18)24(32-26(35)36)34-11-10-33(27(37)38)14-17(34)4/h5-9,12-13,15,17H,10-11,14H2,1-4H3,(H,37,38)/t17-/m0/s1. The summed E-state index contributed by atoms with van der Waals surface area (Å²) in [5.74, 6) is 0.472.